The molecule has 0 bridgehead atoms. The number of hydrogen-bond donors (Lipinski definition) is 3. The zero-order chi connectivity index (χ0) is 16.7. The molecule has 0 fully saturated rings. The lowest BCUT2D eigenvalue weighted by Gasteiger charge is -2.10. The van der Waals surface area contributed by atoms with Crippen molar-refractivity contribution in [1.29, 1.82) is 0 Å². The van der Waals surface area contributed by atoms with Gasteiger partial charge in [-0.15, -0.1) is 0 Å². The summed E-state index contributed by atoms with van der Waals surface area (Å²) in [6.07, 6.45) is 0. The van der Waals surface area contributed by atoms with Crippen LogP contribution in [-0.4, -0.2) is 27.2 Å². The van der Waals surface area contributed by atoms with Crippen molar-refractivity contribution < 1.29 is 9.84 Å². The largest absolute Gasteiger partial charge is 0.503 e. The van der Waals surface area contributed by atoms with E-state index < -0.39 is 11.2 Å². The number of pyridine rings is 1. The lowest BCUT2D eigenvalue weighted by Crippen LogP contribution is -2.23. The Kier molecular flexibility index (Phi) is 3.57. The molecule has 0 atom stereocenters. The van der Waals surface area contributed by atoms with Crippen molar-refractivity contribution in [2.24, 2.45) is 0 Å². The molecular formula is C15H12ClN3O4. The number of hydrogen-bond acceptors (Lipinski definition) is 5. The molecule has 118 valence electrons. The van der Waals surface area contributed by atoms with E-state index in [0.717, 1.165) is 0 Å². The molecule has 0 unspecified atom stereocenters. The van der Waals surface area contributed by atoms with Crippen molar-refractivity contribution in [2.75, 3.05) is 7.11 Å². The van der Waals surface area contributed by atoms with Crippen LogP contribution in [0.25, 0.3) is 22.3 Å². The number of aryl methyl sites for hydroxylation is 1. The van der Waals surface area contributed by atoms with Crippen LogP contribution >= 0.6 is 11.6 Å². The number of nitrogens with zero attached hydrogens (tertiary/aromatic N) is 1. The van der Waals surface area contributed by atoms with Crippen LogP contribution in [0.3, 0.4) is 0 Å². The van der Waals surface area contributed by atoms with Crippen LogP contribution in [0.15, 0.2) is 27.8 Å². The van der Waals surface area contributed by atoms with Crippen molar-refractivity contribution >= 4 is 22.6 Å². The third kappa shape index (κ3) is 2.55. The maximum atomic E-state index is 12.0. The predicted octanol–water partition coefficient (Wildman–Crippen LogP) is 1.95. The maximum Gasteiger partial charge on any atom is 0.326 e. The Labute approximate surface area is 134 Å². The highest BCUT2D eigenvalue weighted by molar-refractivity contribution is 6.32. The summed E-state index contributed by atoms with van der Waals surface area (Å²) in [6, 6.07) is 4.79. The van der Waals surface area contributed by atoms with Crippen LogP contribution < -0.4 is 16.0 Å². The first-order valence-corrected chi connectivity index (χ1v) is 6.99. The molecule has 2 heterocycles. The summed E-state index contributed by atoms with van der Waals surface area (Å²) in [4.78, 5) is 32.3. The number of nitrogens with one attached hydrogen (secondary N) is 2. The third-order valence-corrected chi connectivity index (χ3v) is 3.73. The van der Waals surface area contributed by atoms with E-state index in [9.17, 15) is 14.7 Å². The average molecular weight is 334 g/mol. The second kappa shape index (κ2) is 5.44. The van der Waals surface area contributed by atoms with Crippen LogP contribution in [0.5, 0.6) is 11.5 Å². The average Bonchev–Trinajstić information content (AvgIpc) is 2.50. The molecule has 0 spiro atoms. The van der Waals surface area contributed by atoms with Crippen molar-refractivity contribution in [3.63, 3.8) is 0 Å². The summed E-state index contributed by atoms with van der Waals surface area (Å²) in [5.74, 6) is 0.0278. The van der Waals surface area contributed by atoms with Crippen LogP contribution in [0.2, 0.25) is 5.02 Å². The monoisotopic (exact) mass is 333 g/mol. The molecule has 0 aliphatic heterocycles. The third-order valence-electron chi connectivity index (χ3n) is 3.44. The Hall–Kier alpha value is -2.80. The van der Waals surface area contributed by atoms with Crippen LogP contribution in [0, 0.1) is 6.92 Å². The second-order valence-corrected chi connectivity index (χ2v) is 5.37. The molecule has 1 aromatic carbocycles. The van der Waals surface area contributed by atoms with E-state index in [-0.39, 0.29) is 22.0 Å². The predicted molar refractivity (Wildman–Crippen MR) is 86.4 cm³/mol. The fourth-order valence-electron chi connectivity index (χ4n) is 2.33. The summed E-state index contributed by atoms with van der Waals surface area (Å²) in [6.45, 7) is 1.75. The normalized spacial score (nSPS) is 10.9. The fourth-order valence-corrected chi connectivity index (χ4v) is 2.54. The van der Waals surface area contributed by atoms with Gasteiger partial charge in [-0.3, -0.25) is 9.78 Å². The van der Waals surface area contributed by atoms with Gasteiger partial charge in [-0.25, -0.2) is 9.78 Å². The number of aromatic amines is 2. The minimum absolute atomic E-state index is 0.106. The number of phenols is 1. The maximum absolute atomic E-state index is 12.0. The molecule has 0 radical (unpaired) electrons. The van der Waals surface area contributed by atoms with Gasteiger partial charge in [0.1, 0.15) is 0 Å². The Morgan fingerprint density at radius 2 is 1.96 bits per heavy atom. The number of halogens is 1. The Morgan fingerprint density at radius 1 is 1.22 bits per heavy atom. The molecule has 0 saturated heterocycles. The van der Waals surface area contributed by atoms with E-state index in [1.54, 1.807) is 19.1 Å². The van der Waals surface area contributed by atoms with Crippen molar-refractivity contribution in [2.45, 2.75) is 6.92 Å². The highest BCUT2D eigenvalue weighted by Crippen LogP contribution is 2.38. The van der Waals surface area contributed by atoms with E-state index >= 15 is 0 Å². The van der Waals surface area contributed by atoms with Crippen molar-refractivity contribution in [3.05, 3.63) is 49.6 Å². The van der Waals surface area contributed by atoms with Gasteiger partial charge in [-0.05, 0) is 30.7 Å². The molecule has 23 heavy (non-hydrogen) atoms. The van der Waals surface area contributed by atoms with Gasteiger partial charge in [0, 0.05) is 5.56 Å². The number of aromatic nitrogens is 3. The molecule has 3 aromatic rings. The lowest BCUT2D eigenvalue weighted by atomic mass is 10.1. The number of phenolic OH excluding ortho intramolecular Hbond substituents is 1. The van der Waals surface area contributed by atoms with Gasteiger partial charge in [0.05, 0.1) is 23.3 Å². The van der Waals surface area contributed by atoms with Crippen LogP contribution in [-0.2, 0) is 0 Å². The molecular weight excluding hydrogens is 322 g/mol. The summed E-state index contributed by atoms with van der Waals surface area (Å²) < 4.78 is 5.07. The molecule has 7 nitrogen and oxygen atoms in total. The molecule has 2 aromatic heterocycles. The van der Waals surface area contributed by atoms with Gasteiger partial charge < -0.3 is 14.8 Å². The quantitative estimate of drug-likeness (QED) is 0.664. The fraction of sp³-hybridized carbons (Fsp3) is 0.133. The van der Waals surface area contributed by atoms with E-state index in [1.807, 2.05) is 0 Å². The smallest absolute Gasteiger partial charge is 0.326 e. The number of aromatic hydroxyl groups is 1. The zero-order valence-electron chi connectivity index (χ0n) is 12.2. The molecule has 0 amide bonds. The highest BCUT2D eigenvalue weighted by Gasteiger charge is 2.14. The topological polar surface area (TPSA) is 108 Å². The van der Waals surface area contributed by atoms with E-state index in [0.29, 0.717) is 22.3 Å². The number of rotatable bonds is 2. The zero-order valence-corrected chi connectivity index (χ0v) is 13.0. The Balaban J connectivity index is 2.32. The van der Waals surface area contributed by atoms with Crippen LogP contribution in [0.1, 0.15) is 5.56 Å². The highest BCUT2D eigenvalue weighted by atomic mass is 35.5. The Morgan fingerprint density at radius 3 is 2.65 bits per heavy atom. The van der Waals surface area contributed by atoms with Gasteiger partial charge in [-0.2, -0.15) is 0 Å². The molecule has 0 aliphatic rings. The first kappa shape index (κ1) is 15.1. The van der Waals surface area contributed by atoms with E-state index in [2.05, 4.69) is 15.0 Å². The number of fused-ring (bicyclic) bond motifs is 1. The molecule has 0 aliphatic carbocycles. The molecule has 3 N–H and O–H groups in total. The first-order chi connectivity index (χ1) is 10.9. The first-order valence-electron chi connectivity index (χ1n) is 6.61. The van der Waals surface area contributed by atoms with Crippen molar-refractivity contribution in [1.82, 2.24) is 15.0 Å². The summed E-state index contributed by atoms with van der Waals surface area (Å²) in [5, 5.41) is 9.90. The van der Waals surface area contributed by atoms with E-state index in [4.69, 9.17) is 16.3 Å². The summed E-state index contributed by atoms with van der Waals surface area (Å²) in [7, 11) is 1.41. The second-order valence-electron chi connectivity index (χ2n) is 4.97. The van der Waals surface area contributed by atoms with Gasteiger partial charge in [0.15, 0.2) is 17.0 Å². The molecule has 0 saturated carbocycles. The number of benzene rings is 1. The van der Waals surface area contributed by atoms with Gasteiger partial charge in [0.25, 0.3) is 5.56 Å². The molecule has 8 heteroatoms. The number of methoxy groups -OCH3 is 1. The van der Waals surface area contributed by atoms with Crippen molar-refractivity contribution in [3.8, 4) is 22.8 Å². The summed E-state index contributed by atoms with van der Waals surface area (Å²) in [5.41, 5.74) is 1.03. The number of H-pyrrole nitrogens is 2. The standard InChI is InChI=1S/C15H12ClN3O4/c1-6-3-9(7-4-8(16)13(20)10(5-7)23-2)17-12-11(6)18-15(22)19-14(12)21/h3-5,20H,1-2H3,(H2,18,19,21,22). The van der Waals surface area contributed by atoms with Gasteiger partial charge in [-0.1, -0.05) is 11.6 Å². The number of ether oxygens (including phenoxy) is 1. The lowest BCUT2D eigenvalue weighted by molar-refractivity contribution is 0.374. The van der Waals surface area contributed by atoms with E-state index in [1.165, 1.54) is 13.2 Å². The molecule has 3 rings (SSSR count). The minimum Gasteiger partial charge on any atom is -0.503 e. The van der Waals surface area contributed by atoms with Crippen LogP contribution in [0.4, 0.5) is 0 Å². The van der Waals surface area contributed by atoms with Gasteiger partial charge in [0.2, 0.25) is 0 Å². The summed E-state index contributed by atoms with van der Waals surface area (Å²) >= 11 is 5.98. The minimum atomic E-state index is -0.588. The van der Waals surface area contributed by atoms with Gasteiger partial charge >= 0.3 is 5.69 Å². The Bertz CT molecular complexity index is 1040. The SMILES string of the molecule is COc1cc(-c2cc(C)c3[nH]c(=O)[nH]c(=O)c3n2)cc(Cl)c1O.